The lowest BCUT2D eigenvalue weighted by atomic mass is 10.2. The SMILES string of the molecule is O=C(NC(=S)Nc1ccc(O)c(C(=O)O)c1)c1ccc(Cl)c(Cl)c1. The number of carboxylic acids is 1. The Labute approximate surface area is 152 Å². The molecule has 124 valence electrons. The number of amides is 1. The fourth-order valence-corrected chi connectivity index (χ4v) is 2.27. The van der Waals surface area contributed by atoms with Crippen LogP contribution in [0.3, 0.4) is 0 Å². The van der Waals surface area contributed by atoms with Crippen LogP contribution in [0.5, 0.6) is 5.75 Å². The molecule has 24 heavy (non-hydrogen) atoms. The maximum absolute atomic E-state index is 12.1. The Morgan fingerprint density at radius 1 is 1.04 bits per heavy atom. The van der Waals surface area contributed by atoms with Crippen LogP contribution in [0, 0.1) is 0 Å². The first-order chi connectivity index (χ1) is 11.3. The van der Waals surface area contributed by atoms with Gasteiger partial charge in [0.1, 0.15) is 11.3 Å². The van der Waals surface area contributed by atoms with Gasteiger partial charge in [0.2, 0.25) is 0 Å². The van der Waals surface area contributed by atoms with E-state index in [1.807, 2.05) is 0 Å². The molecule has 0 saturated carbocycles. The third kappa shape index (κ3) is 4.35. The molecule has 9 heteroatoms. The quantitative estimate of drug-likeness (QED) is 0.477. The number of aromatic hydroxyl groups is 1. The van der Waals surface area contributed by atoms with Gasteiger partial charge in [0.15, 0.2) is 5.11 Å². The van der Waals surface area contributed by atoms with Gasteiger partial charge in [0.25, 0.3) is 5.91 Å². The van der Waals surface area contributed by atoms with Gasteiger partial charge in [-0.3, -0.25) is 10.1 Å². The number of phenols is 1. The van der Waals surface area contributed by atoms with Gasteiger partial charge in [-0.1, -0.05) is 23.2 Å². The Hall–Kier alpha value is -2.35. The third-order valence-electron chi connectivity index (χ3n) is 2.89. The van der Waals surface area contributed by atoms with Gasteiger partial charge in [-0.15, -0.1) is 0 Å². The first-order valence-electron chi connectivity index (χ1n) is 6.41. The van der Waals surface area contributed by atoms with E-state index in [1.54, 1.807) is 0 Å². The smallest absolute Gasteiger partial charge is 0.339 e. The molecule has 0 atom stereocenters. The number of nitrogens with one attached hydrogen (secondary N) is 2. The van der Waals surface area contributed by atoms with E-state index in [0.717, 1.165) is 0 Å². The van der Waals surface area contributed by atoms with Crippen LogP contribution in [-0.4, -0.2) is 27.2 Å². The summed E-state index contributed by atoms with van der Waals surface area (Å²) in [5.74, 6) is -2.18. The molecule has 4 N–H and O–H groups in total. The van der Waals surface area contributed by atoms with E-state index < -0.39 is 11.9 Å². The molecule has 0 unspecified atom stereocenters. The van der Waals surface area contributed by atoms with Crippen LogP contribution in [-0.2, 0) is 0 Å². The number of carbonyl (C=O) groups excluding carboxylic acids is 1. The highest BCUT2D eigenvalue weighted by Crippen LogP contribution is 2.23. The van der Waals surface area contributed by atoms with E-state index in [9.17, 15) is 14.7 Å². The van der Waals surface area contributed by atoms with E-state index >= 15 is 0 Å². The summed E-state index contributed by atoms with van der Waals surface area (Å²) in [5, 5.41) is 24.0. The second-order valence-corrected chi connectivity index (χ2v) is 5.80. The number of anilines is 1. The van der Waals surface area contributed by atoms with Crippen LogP contribution in [0.4, 0.5) is 5.69 Å². The lowest BCUT2D eigenvalue weighted by Crippen LogP contribution is -2.34. The number of aromatic carboxylic acids is 1. The Bertz CT molecular complexity index is 842. The van der Waals surface area contributed by atoms with Crippen LogP contribution < -0.4 is 10.6 Å². The molecule has 1 amide bonds. The lowest BCUT2D eigenvalue weighted by molar-refractivity contribution is 0.0693. The minimum Gasteiger partial charge on any atom is -0.507 e. The van der Waals surface area contributed by atoms with Crippen molar-refractivity contribution in [2.45, 2.75) is 0 Å². The van der Waals surface area contributed by atoms with Crippen molar-refractivity contribution in [3.63, 3.8) is 0 Å². The van der Waals surface area contributed by atoms with E-state index in [0.29, 0.717) is 10.7 Å². The summed E-state index contributed by atoms with van der Waals surface area (Å²) in [6.45, 7) is 0. The van der Waals surface area contributed by atoms with Crippen LogP contribution >= 0.6 is 35.4 Å². The summed E-state index contributed by atoms with van der Waals surface area (Å²) in [4.78, 5) is 23.0. The molecule has 0 fully saturated rings. The van der Waals surface area contributed by atoms with Crippen molar-refractivity contribution in [3.05, 3.63) is 57.6 Å². The zero-order valence-electron chi connectivity index (χ0n) is 11.8. The van der Waals surface area contributed by atoms with E-state index in [4.69, 9.17) is 40.5 Å². The molecule has 0 saturated heterocycles. The molecular weight excluding hydrogens is 375 g/mol. The Morgan fingerprint density at radius 2 is 1.75 bits per heavy atom. The van der Waals surface area contributed by atoms with Crippen LogP contribution in [0.25, 0.3) is 0 Å². The molecule has 0 spiro atoms. The summed E-state index contributed by atoms with van der Waals surface area (Å²) in [6, 6.07) is 8.17. The zero-order valence-corrected chi connectivity index (χ0v) is 14.2. The minimum atomic E-state index is -1.29. The van der Waals surface area contributed by atoms with Crippen LogP contribution in [0.2, 0.25) is 10.0 Å². The van der Waals surface area contributed by atoms with Crippen molar-refractivity contribution in [2.75, 3.05) is 5.32 Å². The number of hydrogen-bond acceptors (Lipinski definition) is 4. The monoisotopic (exact) mass is 384 g/mol. The maximum Gasteiger partial charge on any atom is 0.339 e. The highest BCUT2D eigenvalue weighted by atomic mass is 35.5. The zero-order chi connectivity index (χ0) is 17.9. The molecule has 2 aromatic rings. The largest absolute Gasteiger partial charge is 0.507 e. The standard InChI is InChI=1S/C15H10Cl2N2O4S/c16-10-3-1-7(5-11(10)17)13(21)19-15(24)18-8-2-4-12(20)9(6-8)14(22)23/h1-6,20H,(H,22,23)(H2,18,19,21,24). The normalized spacial score (nSPS) is 10.1. The maximum atomic E-state index is 12.1. The van der Waals surface area contributed by atoms with Gasteiger partial charge in [-0.2, -0.15) is 0 Å². The highest BCUT2D eigenvalue weighted by molar-refractivity contribution is 7.80. The number of hydrogen-bond donors (Lipinski definition) is 4. The van der Waals surface area contributed by atoms with Gasteiger partial charge < -0.3 is 15.5 Å². The topological polar surface area (TPSA) is 98.7 Å². The average molecular weight is 385 g/mol. The van der Waals surface area contributed by atoms with Gasteiger partial charge in [0.05, 0.1) is 10.0 Å². The predicted octanol–water partition coefficient (Wildman–Crippen LogP) is 3.52. The molecular formula is C15H10Cl2N2O4S. The molecule has 0 aliphatic carbocycles. The Kier molecular flexibility index (Phi) is 5.61. The summed E-state index contributed by atoms with van der Waals surface area (Å²) in [6.07, 6.45) is 0. The molecule has 0 aliphatic heterocycles. The molecule has 2 rings (SSSR count). The highest BCUT2D eigenvalue weighted by Gasteiger charge is 2.13. The molecule has 6 nitrogen and oxygen atoms in total. The van der Waals surface area contributed by atoms with Gasteiger partial charge >= 0.3 is 5.97 Å². The molecule has 0 heterocycles. The van der Waals surface area contributed by atoms with E-state index in [-0.39, 0.29) is 27.0 Å². The number of benzene rings is 2. The second-order valence-electron chi connectivity index (χ2n) is 4.57. The minimum absolute atomic E-state index is 0.0481. The first-order valence-corrected chi connectivity index (χ1v) is 7.58. The third-order valence-corrected chi connectivity index (χ3v) is 3.84. The van der Waals surface area contributed by atoms with Crippen molar-refractivity contribution < 1.29 is 19.8 Å². The van der Waals surface area contributed by atoms with Gasteiger partial charge in [-0.05, 0) is 48.6 Å². The van der Waals surface area contributed by atoms with Crippen molar-refractivity contribution in [1.82, 2.24) is 5.32 Å². The summed E-state index contributed by atoms with van der Waals surface area (Å²) in [7, 11) is 0. The van der Waals surface area contributed by atoms with E-state index in [2.05, 4.69) is 10.6 Å². The van der Waals surface area contributed by atoms with Crippen molar-refractivity contribution in [2.24, 2.45) is 0 Å². The summed E-state index contributed by atoms with van der Waals surface area (Å²) >= 11 is 16.6. The van der Waals surface area contributed by atoms with Crippen molar-refractivity contribution >= 4 is 58.1 Å². The van der Waals surface area contributed by atoms with Crippen molar-refractivity contribution in [1.29, 1.82) is 0 Å². The lowest BCUT2D eigenvalue weighted by Gasteiger charge is -2.11. The second kappa shape index (κ2) is 7.48. The van der Waals surface area contributed by atoms with Crippen LogP contribution in [0.1, 0.15) is 20.7 Å². The number of carboxylic acid groups (broad SMARTS) is 1. The fraction of sp³-hybridized carbons (Fsp3) is 0. The molecule has 0 bridgehead atoms. The molecule has 0 aliphatic rings. The van der Waals surface area contributed by atoms with Crippen LogP contribution in [0.15, 0.2) is 36.4 Å². The average Bonchev–Trinajstić information content (AvgIpc) is 2.51. The van der Waals surface area contributed by atoms with Crippen molar-refractivity contribution in [3.8, 4) is 5.75 Å². The first kappa shape index (κ1) is 18.0. The van der Waals surface area contributed by atoms with E-state index in [1.165, 1.54) is 36.4 Å². The molecule has 0 aromatic heterocycles. The number of rotatable bonds is 3. The summed E-state index contributed by atoms with van der Waals surface area (Å²) in [5.41, 5.74) is 0.258. The molecule has 2 aromatic carbocycles. The number of halogens is 2. The fourth-order valence-electron chi connectivity index (χ4n) is 1.76. The van der Waals surface area contributed by atoms with Gasteiger partial charge in [0, 0.05) is 11.3 Å². The molecule has 0 radical (unpaired) electrons. The Balaban J connectivity index is 2.07. The Morgan fingerprint density at radius 3 is 2.38 bits per heavy atom. The number of thiocarbonyl (C=S) groups is 1. The van der Waals surface area contributed by atoms with Gasteiger partial charge in [-0.25, -0.2) is 4.79 Å². The summed E-state index contributed by atoms with van der Waals surface area (Å²) < 4.78 is 0. The number of carbonyl (C=O) groups is 2. The predicted molar refractivity (Wildman–Crippen MR) is 95.2 cm³/mol.